The first kappa shape index (κ1) is 61.1. The number of anilines is 2. The number of aromatic carboxylic acids is 1. The van der Waals surface area contributed by atoms with E-state index in [0.717, 1.165) is 81.6 Å². The largest absolute Gasteiger partial charge is 0.478 e. The number of amides is 2. The van der Waals surface area contributed by atoms with Crippen LogP contribution in [0.5, 0.6) is 23.3 Å². The number of rotatable bonds is 16. The fourth-order valence-electron chi connectivity index (χ4n) is 9.57. The van der Waals surface area contributed by atoms with Crippen molar-refractivity contribution in [2.24, 2.45) is 23.7 Å². The van der Waals surface area contributed by atoms with Crippen molar-refractivity contribution in [2.45, 2.75) is 142 Å². The van der Waals surface area contributed by atoms with Crippen molar-refractivity contribution in [1.29, 1.82) is 0 Å². The van der Waals surface area contributed by atoms with Crippen molar-refractivity contribution in [1.82, 2.24) is 9.97 Å². The van der Waals surface area contributed by atoms with E-state index in [0.29, 0.717) is 57.2 Å². The van der Waals surface area contributed by atoms with Crippen molar-refractivity contribution in [2.75, 3.05) is 30.1 Å². The molecule has 2 aromatic carbocycles. The minimum atomic E-state index is -4.90. The molecule has 426 valence electrons. The van der Waals surface area contributed by atoms with Gasteiger partial charge < -0.3 is 38.6 Å². The second kappa shape index (κ2) is 26.2. The Morgan fingerprint density at radius 3 is 1.51 bits per heavy atom. The fraction of sp³-hybridized carbons (Fsp3) is 0.527. The third-order valence-electron chi connectivity index (χ3n) is 13.9. The molecule has 3 heterocycles. The quantitative estimate of drug-likeness (QED) is 0.0642. The smallest absolute Gasteiger partial charge is 0.421 e. The number of carboxylic acids is 1. The maximum Gasteiger partial charge on any atom is 0.421 e. The number of methoxy groups -OCH3 is 1. The molecule has 14 nitrogen and oxygen atoms in total. The lowest BCUT2D eigenvalue weighted by atomic mass is 9.82. The summed E-state index contributed by atoms with van der Waals surface area (Å²) in [4.78, 5) is 61.8. The first-order chi connectivity index (χ1) is 36.7. The maximum atomic E-state index is 15.4. The molecule has 3 aliphatic rings. The third kappa shape index (κ3) is 15.2. The predicted molar refractivity (Wildman–Crippen MR) is 271 cm³/mol. The molecule has 78 heavy (non-hydrogen) atoms. The van der Waals surface area contributed by atoms with E-state index in [1.165, 1.54) is 9.80 Å². The Kier molecular flexibility index (Phi) is 20.5. The lowest BCUT2D eigenvalue weighted by Crippen LogP contribution is -2.43. The van der Waals surface area contributed by atoms with Crippen LogP contribution in [-0.2, 0) is 48.6 Å². The van der Waals surface area contributed by atoms with Gasteiger partial charge in [-0.1, -0.05) is 13.8 Å². The Hall–Kier alpha value is -6.13. The highest BCUT2D eigenvalue weighted by molar-refractivity contribution is 6.17. The molecule has 2 saturated carbocycles. The zero-order valence-electron chi connectivity index (χ0n) is 44.2. The van der Waals surface area contributed by atoms with E-state index in [-0.39, 0.29) is 70.3 Å². The topological polar surface area (TPSA) is 167 Å². The maximum absolute atomic E-state index is 15.4. The molecule has 0 bridgehead atoms. The summed E-state index contributed by atoms with van der Waals surface area (Å²) in [6, 6.07) is 4.06. The molecule has 4 aromatic rings. The summed E-state index contributed by atoms with van der Waals surface area (Å²) >= 11 is 5.63. The first-order valence-electron chi connectivity index (χ1n) is 25.6. The van der Waals surface area contributed by atoms with Crippen LogP contribution in [0.3, 0.4) is 0 Å². The number of nitrogens with zero attached hydrogens (tertiary/aromatic N) is 4. The number of halogens is 9. The molecule has 2 amide bonds. The summed E-state index contributed by atoms with van der Waals surface area (Å²) in [6.45, 7) is 11.8. The molecule has 2 aromatic heterocycles. The zero-order valence-corrected chi connectivity index (χ0v) is 44.9. The van der Waals surface area contributed by atoms with Crippen LogP contribution in [0.2, 0.25) is 0 Å². The standard InChI is InChI=1S/C29H34F4N2O6.C26H29ClF4N2O4/c1-16(2)35(27(36)19-6-4-17(3)5-7-19)24-12-23(30)25(11-21(24)28(37)38)41-26-22(29(31,32)33)10-18(13-34-26)14-40-20-8-9-39-15-20;1-14(2)33(24(34)17-7-5-15(3)6-8-17)21-11-20(28)22(10-18(21)25(35)36-4)37-23-19(26(29,30)31)9-16(12-27)13-32-23/h10-13,16-17,19-20H,4-9,14-15H2,1-3H3,(H,37,38);9-11,13-15,17H,5-8,12H2,1-4H3. The van der Waals surface area contributed by atoms with Crippen molar-refractivity contribution < 1.29 is 83.1 Å². The summed E-state index contributed by atoms with van der Waals surface area (Å²) in [7, 11) is 1.11. The summed E-state index contributed by atoms with van der Waals surface area (Å²) < 4.78 is 139. The van der Waals surface area contributed by atoms with Gasteiger partial charge in [-0.05, 0) is 121 Å². The van der Waals surface area contributed by atoms with E-state index >= 15 is 8.78 Å². The number of benzene rings is 2. The van der Waals surface area contributed by atoms with E-state index in [9.17, 15) is 50.6 Å². The molecule has 7 rings (SSSR count). The van der Waals surface area contributed by atoms with Gasteiger partial charge in [0, 0.05) is 73.1 Å². The second-order valence-corrected chi connectivity index (χ2v) is 20.7. The van der Waals surface area contributed by atoms with Crippen LogP contribution >= 0.6 is 11.6 Å². The van der Waals surface area contributed by atoms with Gasteiger partial charge in [0.2, 0.25) is 23.6 Å². The Morgan fingerprint density at radius 1 is 0.679 bits per heavy atom. The highest BCUT2D eigenvalue weighted by Gasteiger charge is 2.40. The molecule has 1 unspecified atom stereocenters. The molecular weight excluding hydrogens is 1060 g/mol. The van der Waals surface area contributed by atoms with Crippen LogP contribution < -0.4 is 19.3 Å². The van der Waals surface area contributed by atoms with Crippen molar-refractivity contribution in [3.05, 3.63) is 93.8 Å². The Bertz CT molecular complexity index is 2780. The normalized spacial score (nSPS) is 19.7. The Morgan fingerprint density at radius 2 is 1.12 bits per heavy atom. The fourth-order valence-corrected chi connectivity index (χ4v) is 9.72. The van der Waals surface area contributed by atoms with Crippen LogP contribution in [-0.4, -0.2) is 77.3 Å². The zero-order chi connectivity index (χ0) is 57.4. The molecule has 3 fully saturated rings. The van der Waals surface area contributed by atoms with Crippen molar-refractivity contribution in [3.8, 4) is 23.3 Å². The Labute approximate surface area is 451 Å². The molecule has 1 N–H and O–H groups in total. The van der Waals surface area contributed by atoms with Crippen LogP contribution in [0.1, 0.15) is 142 Å². The minimum Gasteiger partial charge on any atom is -0.478 e. The average Bonchev–Trinajstić information content (AvgIpc) is 3.95. The number of ether oxygens (including phenoxy) is 5. The Balaban J connectivity index is 0.000000254. The van der Waals surface area contributed by atoms with E-state index in [1.54, 1.807) is 27.7 Å². The molecule has 1 aliphatic heterocycles. The van der Waals surface area contributed by atoms with Gasteiger partial charge in [0.1, 0.15) is 11.1 Å². The molecule has 1 atom stereocenters. The van der Waals surface area contributed by atoms with Gasteiger partial charge >= 0.3 is 24.3 Å². The summed E-state index contributed by atoms with van der Waals surface area (Å²) in [5.41, 5.74) is -3.24. The van der Waals surface area contributed by atoms with E-state index < -0.39 is 88.0 Å². The lowest BCUT2D eigenvalue weighted by Gasteiger charge is -2.34. The van der Waals surface area contributed by atoms with Crippen molar-refractivity contribution >= 4 is 46.7 Å². The van der Waals surface area contributed by atoms with Gasteiger partial charge in [0.25, 0.3) is 0 Å². The summed E-state index contributed by atoms with van der Waals surface area (Å²) in [5.74, 6) is -8.32. The number of aromatic nitrogens is 2. The van der Waals surface area contributed by atoms with Gasteiger partial charge in [-0.3, -0.25) is 9.59 Å². The number of carbonyl (C=O) groups is 4. The minimum absolute atomic E-state index is 0.0446. The van der Waals surface area contributed by atoms with E-state index in [1.807, 2.05) is 0 Å². The molecule has 1 saturated heterocycles. The number of esters is 1. The number of carboxylic acid groups (broad SMARTS) is 1. The van der Waals surface area contributed by atoms with Crippen molar-refractivity contribution in [3.63, 3.8) is 0 Å². The monoisotopic (exact) mass is 1130 g/mol. The third-order valence-corrected chi connectivity index (χ3v) is 14.2. The van der Waals surface area contributed by atoms with Gasteiger partial charge in [0.15, 0.2) is 23.1 Å². The average molecular weight is 1130 g/mol. The molecule has 0 radical (unpaired) electrons. The van der Waals surface area contributed by atoms with Gasteiger partial charge in [-0.2, -0.15) is 26.3 Å². The van der Waals surface area contributed by atoms with Crippen LogP contribution in [0.4, 0.5) is 46.5 Å². The van der Waals surface area contributed by atoms with Gasteiger partial charge in [0.05, 0.1) is 48.9 Å². The number of pyridine rings is 2. The van der Waals surface area contributed by atoms with Crippen LogP contribution in [0, 0.1) is 35.3 Å². The molecule has 0 spiro atoms. The number of carbonyl (C=O) groups excluding carboxylic acids is 3. The molecule has 23 heteroatoms. The number of alkyl halides is 7. The molecular formula is C55H63ClF8N4O10. The predicted octanol–water partition coefficient (Wildman–Crippen LogP) is 13.7. The number of hydrogen-bond donors (Lipinski definition) is 1. The summed E-state index contributed by atoms with van der Waals surface area (Å²) in [6.07, 6.45) is -1.10. The highest BCUT2D eigenvalue weighted by Crippen LogP contribution is 2.43. The first-order valence-corrected chi connectivity index (χ1v) is 26.1. The van der Waals surface area contributed by atoms with Crippen LogP contribution in [0.15, 0.2) is 48.8 Å². The molecule has 2 aliphatic carbocycles. The highest BCUT2D eigenvalue weighted by atomic mass is 35.5. The summed E-state index contributed by atoms with van der Waals surface area (Å²) in [5, 5.41) is 9.94. The van der Waals surface area contributed by atoms with Crippen LogP contribution in [0.25, 0.3) is 0 Å². The lowest BCUT2D eigenvalue weighted by molar-refractivity contribution is -0.139. The SMILES string of the molecule is CC1CCC(C(=O)N(c2cc(F)c(Oc3ncc(COC4CCOC4)cc3C(F)(F)F)cc2C(=O)O)C(C)C)CC1.COC(=O)c1cc(Oc2ncc(CCl)cc2C(F)(F)F)c(F)cc1N(C(=O)C1CCC(C)CC1)C(C)C. The number of hydrogen-bond acceptors (Lipinski definition) is 11. The van der Waals surface area contributed by atoms with Gasteiger partial charge in [-0.15, -0.1) is 11.6 Å². The second-order valence-electron chi connectivity index (χ2n) is 20.4. The van der Waals surface area contributed by atoms with E-state index in [2.05, 4.69) is 23.8 Å². The van der Waals surface area contributed by atoms with Gasteiger partial charge in [-0.25, -0.2) is 28.3 Å². The van der Waals surface area contributed by atoms with E-state index in [4.69, 9.17) is 35.3 Å².